The van der Waals surface area contributed by atoms with Crippen LogP contribution >= 0.6 is 0 Å². The van der Waals surface area contributed by atoms with Gasteiger partial charge >= 0.3 is 5.97 Å². The van der Waals surface area contributed by atoms with Crippen molar-refractivity contribution in [1.29, 1.82) is 0 Å². The van der Waals surface area contributed by atoms with Gasteiger partial charge < -0.3 is 141 Å². The van der Waals surface area contributed by atoms with Crippen molar-refractivity contribution in [3.05, 3.63) is 0 Å². The first kappa shape index (κ1) is 57.8. The second-order valence-electron chi connectivity index (χ2n) is 17.2. The van der Waals surface area contributed by atoms with Crippen molar-refractivity contribution in [3.63, 3.8) is 0 Å². The third-order valence-corrected chi connectivity index (χ3v) is 12.1. The van der Waals surface area contributed by atoms with Crippen LogP contribution in [-0.4, -0.2) is 293 Å². The van der Waals surface area contributed by atoms with Gasteiger partial charge in [-0.3, -0.25) is 19.2 Å². The fraction of sp³-hybridized carbons (Fsp3) is 0.895. The van der Waals surface area contributed by atoms with Crippen LogP contribution in [0.4, 0.5) is 0 Å². The lowest BCUT2D eigenvalue weighted by Gasteiger charge is -2.50. The summed E-state index contributed by atoms with van der Waals surface area (Å²) in [6.07, 6.45) is -44.2. The van der Waals surface area contributed by atoms with Gasteiger partial charge in [-0.1, -0.05) is 0 Å². The Balaban J connectivity index is 1.41. The highest BCUT2D eigenvalue weighted by Crippen LogP contribution is 2.35. The quantitative estimate of drug-likeness (QED) is 0.0571. The number of hydrogen-bond acceptors (Lipinski definition) is 28. The lowest BCUT2D eigenvalue weighted by molar-refractivity contribution is -0.383. The molecular formula is C38H64N4O28. The lowest BCUT2D eigenvalue weighted by Crippen LogP contribution is -2.72. The molecule has 5 aliphatic heterocycles. The fourth-order valence-corrected chi connectivity index (χ4v) is 8.41. The molecule has 0 aromatic heterocycles. The molecule has 0 spiro atoms. The van der Waals surface area contributed by atoms with E-state index >= 15 is 0 Å². The Kier molecular flexibility index (Phi) is 20.8. The standard InChI is InChI=1S/C38H64N4O28/c1-9(47)40-18-23(54)30(14(6-45)63-34(18)42-33(61)11(39)3-17(49)50)68-35-19(41-10(2)48)24(55)31(15(7-46)66-35)69-38-29(60)32(70-37-28(59)26(57)21(52)13(5-44)65-37)22(53)16(67-38)8-62-36-27(58)25(56)20(51)12(4-43)64-36/h11-16,18-32,34-38,43-46,51-60H,3-8,39H2,1-2H3,(H,40,47)(H,41,48)(H,42,61)(H,49,50)/t11-,12+,13+,14+,15+,16+,18+,19+,20+,21+,22+,23+,24+,25-,26-,27-,28-,29-,30+,31+,32-,34+,35-,36-,37+,38-/m0/s1. The summed E-state index contributed by atoms with van der Waals surface area (Å²) in [4.78, 5) is 48.8. The summed E-state index contributed by atoms with van der Waals surface area (Å²) in [6.45, 7) is -2.66. The van der Waals surface area contributed by atoms with E-state index in [-0.39, 0.29) is 0 Å². The van der Waals surface area contributed by atoms with Crippen LogP contribution < -0.4 is 21.7 Å². The van der Waals surface area contributed by atoms with Crippen LogP contribution in [0.1, 0.15) is 20.3 Å². The number of aliphatic carboxylic acids is 1. The first-order valence-corrected chi connectivity index (χ1v) is 21.9. The van der Waals surface area contributed by atoms with E-state index in [1.807, 2.05) is 0 Å². The van der Waals surface area contributed by atoms with E-state index in [2.05, 4.69) is 16.0 Å². The first-order chi connectivity index (χ1) is 33.0. The number of ether oxygens (including phenoxy) is 9. The number of nitrogens with two attached hydrogens (primary N) is 1. The molecule has 0 aromatic rings. The van der Waals surface area contributed by atoms with Crippen LogP contribution in [-0.2, 0) is 61.8 Å². The highest BCUT2D eigenvalue weighted by Gasteiger charge is 2.57. The summed E-state index contributed by atoms with van der Waals surface area (Å²) >= 11 is 0. The van der Waals surface area contributed by atoms with Crippen LogP contribution in [0, 0.1) is 0 Å². The van der Waals surface area contributed by atoms with Gasteiger partial charge in [-0.15, -0.1) is 0 Å². The van der Waals surface area contributed by atoms with Crippen molar-refractivity contribution in [2.75, 3.05) is 33.0 Å². The normalized spacial score (nSPS) is 45.0. The molecule has 32 nitrogen and oxygen atoms in total. The third-order valence-electron chi connectivity index (χ3n) is 12.1. The predicted molar refractivity (Wildman–Crippen MR) is 216 cm³/mol. The van der Waals surface area contributed by atoms with Crippen LogP contribution in [0.25, 0.3) is 0 Å². The number of hydrogen-bond donors (Lipinski definition) is 19. The average molecular weight is 1020 g/mol. The van der Waals surface area contributed by atoms with E-state index in [1.165, 1.54) is 0 Å². The zero-order valence-corrected chi connectivity index (χ0v) is 37.3. The summed E-state index contributed by atoms with van der Waals surface area (Å²) in [5, 5.41) is 166. The molecule has 0 aliphatic carbocycles. The van der Waals surface area contributed by atoms with Crippen LogP contribution in [0.2, 0.25) is 0 Å². The maximum Gasteiger partial charge on any atom is 0.305 e. The Labute approximate surface area is 396 Å². The van der Waals surface area contributed by atoms with Gasteiger partial charge in [0, 0.05) is 13.8 Å². The van der Waals surface area contributed by atoms with Crippen LogP contribution in [0.15, 0.2) is 0 Å². The van der Waals surface area contributed by atoms with Gasteiger partial charge in [0.15, 0.2) is 31.4 Å². The molecule has 5 heterocycles. The molecule has 3 amide bonds. The van der Waals surface area contributed by atoms with E-state index in [4.69, 9.17) is 53.5 Å². The average Bonchev–Trinajstić information content (AvgIpc) is 3.31. The highest BCUT2D eigenvalue weighted by molar-refractivity contribution is 5.86. The van der Waals surface area contributed by atoms with Gasteiger partial charge in [0.1, 0.15) is 122 Å². The molecule has 404 valence electrons. The number of carboxylic acids is 1. The Morgan fingerprint density at radius 1 is 0.486 bits per heavy atom. The van der Waals surface area contributed by atoms with E-state index in [9.17, 15) is 90.7 Å². The molecule has 32 heteroatoms. The van der Waals surface area contributed by atoms with Crippen molar-refractivity contribution in [3.8, 4) is 0 Å². The molecule has 0 aromatic carbocycles. The molecule has 5 fully saturated rings. The summed E-state index contributed by atoms with van der Waals surface area (Å²) in [7, 11) is 0. The monoisotopic (exact) mass is 1020 g/mol. The number of carbonyl (C=O) groups excluding carboxylic acids is 3. The molecule has 5 saturated heterocycles. The third kappa shape index (κ3) is 13.2. The first-order valence-electron chi connectivity index (χ1n) is 21.9. The van der Waals surface area contributed by atoms with Crippen molar-refractivity contribution in [1.82, 2.24) is 16.0 Å². The van der Waals surface area contributed by atoms with E-state index in [0.717, 1.165) is 13.8 Å². The molecule has 5 rings (SSSR count). The summed E-state index contributed by atoms with van der Waals surface area (Å²) < 4.78 is 51.5. The minimum atomic E-state index is -2.23. The van der Waals surface area contributed by atoms with E-state index in [1.54, 1.807) is 0 Å². The second-order valence-corrected chi connectivity index (χ2v) is 17.2. The van der Waals surface area contributed by atoms with Crippen molar-refractivity contribution < 1.29 is 138 Å². The van der Waals surface area contributed by atoms with Gasteiger partial charge in [0.2, 0.25) is 17.7 Å². The molecule has 5 aliphatic rings. The Hall–Kier alpha value is -3.08. The van der Waals surface area contributed by atoms with Gasteiger partial charge in [-0.05, 0) is 0 Å². The summed E-state index contributed by atoms with van der Waals surface area (Å²) in [5.74, 6) is -4.16. The number of amides is 3. The van der Waals surface area contributed by atoms with Crippen molar-refractivity contribution in [2.24, 2.45) is 5.73 Å². The SMILES string of the molecule is CC(=O)N[C@@H]1[C@@H](O)[C@H](O[C@@H]2O[C@H](CO)[C@@H](O[C@@H]3O[C@H](CO[C@H]4O[C@H](CO)[C@@H](O)[C@H](O)[C@@H]4O)[C@@H](O)[C@H](O[C@H]4O[C@H](CO)[C@@H](O)[C@H](O)[C@@H]4O)[C@@H]3O)[C@H](O)[C@H]2NC(C)=O)[C@@H](CO)O[C@H]1NC(=O)[C@@H](N)CC(=O)O. The minimum Gasteiger partial charge on any atom is -0.481 e. The molecule has 26 atom stereocenters. The smallest absolute Gasteiger partial charge is 0.305 e. The topological polar surface area (TPSA) is 517 Å². The maximum absolute atomic E-state index is 12.8. The largest absolute Gasteiger partial charge is 0.481 e. The zero-order valence-electron chi connectivity index (χ0n) is 37.3. The highest BCUT2D eigenvalue weighted by atomic mass is 16.8. The molecular weight excluding hydrogens is 960 g/mol. The Morgan fingerprint density at radius 2 is 0.914 bits per heavy atom. The summed E-state index contributed by atoms with van der Waals surface area (Å²) in [5.41, 5.74) is 5.66. The molecule has 0 unspecified atom stereocenters. The molecule has 0 bridgehead atoms. The minimum absolute atomic E-state index is 0.785. The molecule has 0 saturated carbocycles. The van der Waals surface area contributed by atoms with Gasteiger partial charge in [0.25, 0.3) is 0 Å². The lowest BCUT2D eigenvalue weighted by atomic mass is 9.93. The number of rotatable bonds is 19. The van der Waals surface area contributed by atoms with Gasteiger partial charge in [-0.25, -0.2) is 0 Å². The van der Waals surface area contributed by atoms with E-state index in [0.29, 0.717) is 0 Å². The van der Waals surface area contributed by atoms with Crippen LogP contribution in [0.5, 0.6) is 0 Å². The number of nitrogens with one attached hydrogen (secondary N) is 3. The predicted octanol–water partition coefficient (Wildman–Crippen LogP) is -12.7. The second kappa shape index (κ2) is 25.2. The van der Waals surface area contributed by atoms with Crippen molar-refractivity contribution in [2.45, 2.75) is 180 Å². The molecule has 0 radical (unpaired) electrons. The maximum atomic E-state index is 12.8. The molecule has 70 heavy (non-hydrogen) atoms. The number of aliphatic hydroxyl groups excluding tert-OH is 14. The zero-order chi connectivity index (χ0) is 52.0. The number of carbonyl (C=O) groups is 4. The number of carboxylic acid groups (broad SMARTS) is 1. The number of aliphatic hydroxyl groups is 14. The fourth-order valence-electron chi connectivity index (χ4n) is 8.41. The summed E-state index contributed by atoms with van der Waals surface area (Å²) in [6, 6.07) is -5.01. The Bertz CT molecular complexity index is 1720. The van der Waals surface area contributed by atoms with E-state index < -0.39 is 223 Å². The Morgan fingerprint density at radius 3 is 1.44 bits per heavy atom. The van der Waals surface area contributed by atoms with Gasteiger partial charge in [0.05, 0.1) is 45.5 Å². The van der Waals surface area contributed by atoms with Gasteiger partial charge in [-0.2, -0.15) is 0 Å². The molecule has 20 N–H and O–H groups in total. The van der Waals surface area contributed by atoms with Crippen LogP contribution in [0.3, 0.4) is 0 Å². The van der Waals surface area contributed by atoms with Crippen molar-refractivity contribution >= 4 is 23.7 Å².